The van der Waals surface area contributed by atoms with Crippen LogP contribution in [0.25, 0.3) is 5.65 Å². The monoisotopic (exact) mass is 223 g/mol. The smallest absolute Gasteiger partial charge is 0.360 e. The minimum Gasteiger partial charge on any atom is -0.461 e. The van der Waals surface area contributed by atoms with Gasteiger partial charge in [0.15, 0.2) is 11.3 Å². The Hall–Kier alpha value is -2.25. The van der Waals surface area contributed by atoms with Gasteiger partial charge in [0.25, 0.3) is 0 Å². The van der Waals surface area contributed by atoms with E-state index < -0.39 is 11.7 Å². The van der Waals surface area contributed by atoms with Crippen molar-refractivity contribution in [3.8, 4) is 0 Å². The van der Waals surface area contributed by atoms with Gasteiger partial charge in [-0.3, -0.25) is 0 Å². The lowest BCUT2D eigenvalue weighted by atomic mass is 10.4. The van der Waals surface area contributed by atoms with Crippen molar-refractivity contribution in [3.63, 3.8) is 0 Å². The van der Waals surface area contributed by atoms with Crippen molar-refractivity contribution in [2.24, 2.45) is 7.05 Å². The minimum atomic E-state index is -0.618. The maximum atomic E-state index is 11.6. The third kappa shape index (κ3) is 1.44. The third-order valence-corrected chi connectivity index (χ3v) is 1.97. The van der Waals surface area contributed by atoms with Crippen molar-refractivity contribution in [2.45, 2.75) is 6.92 Å². The molecular weight excluding hydrogens is 214 g/mol. The summed E-state index contributed by atoms with van der Waals surface area (Å²) in [7, 11) is 1.46. The van der Waals surface area contributed by atoms with Crippen molar-refractivity contribution in [1.29, 1.82) is 0 Å². The SMILES string of the molecule is CCOC(=O)c1ncn2c(=O)n(C)nnc12. The molecule has 8 nitrogen and oxygen atoms in total. The van der Waals surface area contributed by atoms with Crippen LogP contribution < -0.4 is 5.69 Å². The summed E-state index contributed by atoms with van der Waals surface area (Å²) >= 11 is 0. The molecule has 0 spiro atoms. The first-order chi connectivity index (χ1) is 7.65. The van der Waals surface area contributed by atoms with Crippen LogP contribution in [-0.2, 0) is 11.8 Å². The number of aromatic nitrogens is 5. The van der Waals surface area contributed by atoms with Gasteiger partial charge in [0.05, 0.1) is 6.61 Å². The van der Waals surface area contributed by atoms with Crippen LogP contribution in [0, 0.1) is 0 Å². The fourth-order valence-electron chi connectivity index (χ4n) is 1.22. The molecule has 0 radical (unpaired) electrons. The molecule has 0 unspecified atom stereocenters. The number of esters is 1. The molecule has 2 aromatic rings. The summed E-state index contributed by atoms with van der Waals surface area (Å²) in [5.41, 5.74) is -0.332. The molecule has 0 amide bonds. The summed E-state index contributed by atoms with van der Waals surface area (Å²) < 4.78 is 6.96. The number of hydrogen-bond donors (Lipinski definition) is 0. The first-order valence-electron chi connectivity index (χ1n) is 4.59. The van der Waals surface area contributed by atoms with Gasteiger partial charge in [0.2, 0.25) is 0 Å². The van der Waals surface area contributed by atoms with Crippen LogP contribution >= 0.6 is 0 Å². The summed E-state index contributed by atoms with van der Waals surface area (Å²) in [6.45, 7) is 1.91. The highest BCUT2D eigenvalue weighted by atomic mass is 16.5. The van der Waals surface area contributed by atoms with E-state index in [1.54, 1.807) is 6.92 Å². The van der Waals surface area contributed by atoms with Crippen LogP contribution in [0.4, 0.5) is 0 Å². The van der Waals surface area contributed by atoms with E-state index in [4.69, 9.17) is 4.74 Å². The molecule has 0 saturated heterocycles. The van der Waals surface area contributed by atoms with Gasteiger partial charge in [-0.1, -0.05) is 5.21 Å². The van der Waals surface area contributed by atoms with E-state index in [9.17, 15) is 9.59 Å². The summed E-state index contributed by atoms with van der Waals surface area (Å²) in [6.07, 6.45) is 1.22. The Balaban J connectivity index is 2.63. The van der Waals surface area contributed by atoms with Crippen molar-refractivity contribution in [1.82, 2.24) is 24.4 Å². The van der Waals surface area contributed by atoms with Crippen molar-refractivity contribution in [3.05, 3.63) is 22.5 Å². The topological polar surface area (TPSA) is 91.4 Å². The van der Waals surface area contributed by atoms with E-state index in [1.807, 2.05) is 0 Å². The predicted molar refractivity (Wildman–Crippen MR) is 52.0 cm³/mol. The molecule has 0 N–H and O–H groups in total. The number of ether oxygens (including phenoxy) is 1. The molecule has 0 aliphatic heterocycles. The number of imidazole rings is 1. The van der Waals surface area contributed by atoms with Gasteiger partial charge in [-0.2, -0.15) is 4.68 Å². The maximum absolute atomic E-state index is 11.6. The number of fused-ring (bicyclic) bond motifs is 1. The second kappa shape index (κ2) is 3.72. The van der Waals surface area contributed by atoms with Crippen LogP contribution in [-0.4, -0.2) is 37.0 Å². The van der Waals surface area contributed by atoms with Gasteiger partial charge >= 0.3 is 11.7 Å². The molecule has 8 heteroatoms. The number of aryl methyl sites for hydroxylation is 1. The van der Waals surface area contributed by atoms with E-state index in [1.165, 1.54) is 13.4 Å². The average Bonchev–Trinajstić information content (AvgIpc) is 2.68. The quantitative estimate of drug-likeness (QED) is 0.606. The summed E-state index contributed by atoms with van der Waals surface area (Å²) in [4.78, 5) is 26.8. The first kappa shape index (κ1) is 10.3. The second-order valence-corrected chi connectivity index (χ2v) is 3.00. The molecule has 0 fully saturated rings. The van der Waals surface area contributed by atoms with Gasteiger partial charge in [-0.15, -0.1) is 5.10 Å². The van der Waals surface area contributed by atoms with Crippen LogP contribution in [0.2, 0.25) is 0 Å². The van der Waals surface area contributed by atoms with Crippen molar-refractivity contribution < 1.29 is 9.53 Å². The standard InChI is InChI=1S/C8H9N5O3/c1-3-16-7(14)5-6-10-11-12(2)8(15)13(6)4-9-5/h4H,3H2,1-2H3. The molecule has 2 rings (SSSR count). The zero-order valence-corrected chi connectivity index (χ0v) is 8.75. The van der Waals surface area contributed by atoms with Crippen LogP contribution in [0.15, 0.2) is 11.1 Å². The van der Waals surface area contributed by atoms with E-state index >= 15 is 0 Å². The zero-order chi connectivity index (χ0) is 11.7. The average molecular weight is 223 g/mol. The van der Waals surface area contributed by atoms with E-state index in [-0.39, 0.29) is 17.9 Å². The van der Waals surface area contributed by atoms with Crippen LogP contribution in [0.3, 0.4) is 0 Å². The summed E-state index contributed by atoms with van der Waals surface area (Å²) in [5, 5.41) is 7.29. The predicted octanol–water partition coefficient (Wildman–Crippen LogP) is -1.00. The van der Waals surface area contributed by atoms with Gasteiger partial charge in [-0.25, -0.2) is 19.0 Å². The lowest BCUT2D eigenvalue weighted by Gasteiger charge is -1.98. The number of nitrogens with zero attached hydrogens (tertiary/aromatic N) is 5. The molecule has 0 aliphatic carbocycles. The Bertz CT molecular complexity index is 599. The zero-order valence-electron chi connectivity index (χ0n) is 8.75. The Morgan fingerprint density at radius 1 is 1.56 bits per heavy atom. The first-order valence-corrected chi connectivity index (χ1v) is 4.59. The molecule has 16 heavy (non-hydrogen) atoms. The number of rotatable bonds is 2. The molecule has 0 aliphatic rings. The Morgan fingerprint density at radius 3 is 3.00 bits per heavy atom. The highest BCUT2D eigenvalue weighted by molar-refractivity contribution is 5.93. The summed E-state index contributed by atoms with van der Waals surface area (Å²) in [6, 6.07) is 0. The van der Waals surface area contributed by atoms with E-state index in [0.29, 0.717) is 0 Å². The second-order valence-electron chi connectivity index (χ2n) is 3.00. The number of hydrogen-bond acceptors (Lipinski definition) is 6. The molecule has 0 atom stereocenters. The molecule has 2 heterocycles. The van der Waals surface area contributed by atoms with Crippen molar-refractivity contribution in [2.75, 3.05) is 6.61 Å². The molecule has 0 saturated carbocycles. The third-order valence-electron chi connectivity index (χ3n) is 1.97. The molecular formula is C8H9N5O3. The normalized spacial score (nSPS) is 10.6. The van der Waals surface area contributed by atoms with Gasteiger partial charge in [0.1, 0.15) is 6.33 Å². The fourth-order valence-corrected chi connectivity index (χ4v) is 1.22. The molecule has 0 aromatic carbocycles. The molecule has 2 aromatic heterocycles. The van der Waals surface area contributed by atoms with E-state index in [2.05, 4.69) is 15.3 Å². The van der Waals surface area contributed by atoms with Gasteiger partial charge in [0, 0.05) is 7.05 Å². The van der Waals surface area contributed by atoms with Crippen molar-refractivity contribution >= 4 is 11.6 Å². The number of carbonyl (C=O) groups excluding carboxylic acids is 1. The Kier molecular flexibility index (Phi) is 2.39. The van der Waals surface area contributed by atoms with Gasteiger partial charge < -0.3 is 4.74 Å². The number of carbonyl (C=O) groups is 1. The van der Waals surface area contributed by atoms with Crippen LogP contribution in [0.5, 0.6) is 0 Å². The largest absolute Gasteiger partial charge is 0.461 e. The lowest BCUT2D eigenvalue weighted by molar-refractivity contribution is 0.0522. The summed E-state index contributed by atoms with van der Waals surface area (Å²) in [5.74, 6) is -0.618. The van der Waals surface area contributed by atoms with Crippen LogP contribution in [0.1, 0.15) is 17.4 Å². The maximum Gasteiger partial charge on any atom is 0.360 e. The molecule has 84 valence electrons. The fraction of sp³-hybridized carbons (Fsp3) is 0.375. The highest BCUT2D eigenvalue weighted by Crippen LogP contribution is 2.04. The minimum absolute atomic E-state index is 0.00736. The lowest BCUT2D eigenvalue weighted by Crippen LogP contribution is -2.27. The Morgan fingerprint density at radius 2 is 2.31 bits per heavy atom. The Labute approximate surface area is 89.5 Å². The van der Waals surface area contributed by atoms with Gasteiger partial charge in [-0.05, 0) is 6.92 Å². The molecule has 0 bridgehead atoms. The highest BCUT2D eigenvalue weighted by Gasteiger charge is 2.17. The van der Waals surface area contributed by atoms with E-state index in [0.717, 1.165) is 9.08 Å².